The summed E-state index contributed by atoms with van der Waals surface area (Å²) in [6.45, 7) is 6.09. The van der Waals surface area contributed by atoms with Crippen molar-refractivity contribution in [2.24, 2.45) is 0 Å². The molecule has 8 heteroatoms. The van der Waals surface area contributed by atoms with E-state index < -0.39 is 5.56 Å². The van der Waals surface area contributed by atoms with Crippen LogP contribution in [0.15, 0.2) is 10.2 Å². The number of aromatic nitrogens is 3. The van der Waals surface area contributed by atoms with Gasteiger partial charge in [-0.3, -0.25) is 9.59 Å². The van der Waals surface area contributed by atoms with Crippen LogP contribution >= 0.6 is 11.3 Å². The number of rotatable bonds is 5. The molecule has 7 nitrogen and oxygen atoms in total. The summed E-state index contributed by atoms with van der Waals surface area (Å²) < 4.78 is 0. The van der Waals surface area contributed by atoms with Crippen molar-refractivity contribution >= 4 is 22.4 Å². The van der Waals surface area contributed by atoms with Gasteiger partial charge in [0.1, 0.15) is 5.56 Å². The summed E-state index contributed by atoms with van der Waals surface area (Å²) in [5, 5.41) is 12.1. The van der Waals surface area contributed by atoms with E-state index in [4.69, 9.17) is 0 Å². The summed E-state index contributed by atoms with van der Waals surface area (Å²) in [7, 11) is 0. The Morgan fingerprint density at radius 1 is 1.38 bits per heavy atom. The van der Waals surface area contributed by atoms with Crippen LogP contribution in [0.1, 0.15) is 40.2 Å². The molecule has 1 aliphatic rings. The van der Waals surface area contributed by atoms with Crippen LogP contribution in [0.2, 0.25) is 0 Å². The Hall–Kier alpha value is -2.22. The summed E-state index contributed by atoms with van der Waals surface area (Å²) in [4.78, 5) is 31.0. The molecule has 2 aromatic rings. The van der Waals surface area contributed by atoms with E-state index in [0.717, 1.165) is 23.9 Å². The second kappa shape index (κ2) is 7.12. The fraction of sp³-hybridized carbons (Fsp3) is 0.500. The number of amides is 1. The molecular weight excluding hydrogens is 326 g/mol. The van der Waals surface area contributed by atoms with Gasteiger partial charge >= 0.3 is 0 Å². The van der Waals surface area contributed by atoms with Crippen LogP contribution in [-0.4, -0.2) is 40.7 Å². The first-order valence-electron chi connectivity index (χ1n) is 8.09. The van der Waals surface area contributed by atoms with E-state index in [-0.39, 0.29) is 11.5 Å². The number of carbonyl (C=O) groups is 1. The third-order valence-corrected chi connectivity index (χ3v) is 5.23. The molecule has 0 aliphatic carbocycles. The minimum Gasteiger partial charge on any atom is -0.351 e. The van der Waals surface area contributed by atoms with Crippen molar-refractivity contribution in [3.8, 4) is 0 Å². The van der Waals surface area contributed by atoms with Gasteiger partial charge < -0.3 is 10.2 Å². The third-order valence-electron chi connectivity index (χ3n) is 4.28. The van der Waals surface area contributed by atoms with Crippen molar-refractivity contribution in [3.63, 3.8) is 0 Å². The topological polar surface area (TPSA) is 91.0 Å². The minimum absolute atomic E-state index is 0.138. The standard InChI is InChI=1S/C16H21N5O2S/c1-10-11(2)19-20-15(23)13(10)14(22)17-6-5-12-9-24-16(18-12)21-7-3-4-8-21/h9H,3-8H2,1-2H3,(H,17,22)(H,20,23). The summed E-state index contributed by atoms with van der Waals surface area (Å²) in [6.07, 6.45) is 3.10. The number of nitrogens with one attached hydrogen (secondary N) is 2. The van der Waals surface area contributed by atoms with Crippen LogP contribution in [0.5, 0.6) is 0 Å². The van der Waals surface area contributed by atoms with E-state index >= 15 is 0 Å². The smallest absolute Gasteiger partial charge is 0.277 e. The molecule has 1 amide bonds. The number of carbonyl (C=O) groups excluding carboxylic acids is 1. The van der Waals surface area contributed by atoms with E-state index in [0.29, 0.717) is 24.2 Å². The predicted molar refractivity (Wildman–Crippen MR) is 93.9 cm³/mol. The molecule has 0 radical (unpaired) electrons. The number of anilines is 1. The van der Waals surface area contributed by atoms with Crippen molar-refractivity contribution in [1.29, 1.82) is 0 Å². The first-order valence-corrected chi connectivity index (χ1v) is 8.97. The van der Waals surface area contributed by atoms with Gasteiger partial charge in [-0.15, -0.1) is 11.3 Å². The van der Waals surface area contributed by atoms with Crippen LogP contribution in [0.3, 0.4) is 0 Å². The Balaban J connectivity index is 1.58. The first kappa shape index (κ1) is 16.6. The maximum Gasteiger partial charge on any atom is 0.277 e. The molecule has 3 heterocycles. The second-order valence-corrected chi connectivity index (χ2v) is 6.80. The molecule has 0 bridgehead atoms. The zero-order valence-electron chi connectivity index (χ0n) is 13.9. The lowest BCUT2D eigenvalue weighted by Crippen LogP contribution is -2.33. The van der Waals surface area contributed by atoms with Gasteiger partial charge in [-0.1, -0.05) is 0 Å². The average molecular weight is 347 g/mol. The normalized spacial score (nSPS) is 14.2. The average Bonchev–Trinajstić information content (AvgIpc) is 3.22. The fourth-order valence-electron chi connectivity index (χ4n) is 2.76. The van der Waals surface area contributed by atoms with Gasteiger partial charge in [-0.05, 0) is 32.3 Å². The maximum atomic E-state index is 12.3. The number of hydrogen-bond acceptors (Lipinski definition) is 6. The molecule has 1 saturated heterocycles. The van der Waals surface area contributed by atoms with Crippen molar-refractivity contribution < 1.29 is 4.79 Å². The fourth-order valence-corrected chi connectivity index (χ4v) is 3.67. The van der Waals surface area contributed by atoms with Gasteiger partial charge in [0, 0.05) is 31.4 Å². The number of aryl methyl sites for hydroxylation is 1. The highest BCUT2D eigenvalue weighted by Gasteiger charge is 2.17. The molecule has 3 rings (SSSR count). The maximum absolute atomic E-state index is 12.3. The monoisotopic (exact) mass is 347 g/mol. The number of thiazole rings is 1. The molecule has 0 saturated carbocycles. The zero-order valence-corrected chi connectivity index (χ0v) is 14.7. The van der Waals surface area contributed by atoms with E-state index in [1.165, 1.54) is 12.8 Å². The minimum atomic E-state index is -0.458. The largest absolute Gasteiger partial charge is 0.351 e. The first-order chi connectivity index (χ1) is 11.6. The Morgan fingerprint density at radius 2 is 2.12 bits per heavy atom. The summed E-state index contributed by atoms with van der Waals surface area (Å²) in [6, 6.07) is 0. The third kappa shape index (κ3) is 3.48. The Morgan fingerprint density at radius 3 is 2.88 bits per heavy atom. The van der Waals surface area contributed by atoms with Gasteiger partial charge in [-0.25, -0.2) is 10.1 Å². The molecule has 128 valence electrons. The molecule has 0 unspecified atom stereocenters. The Kier molecular flexibility index (Phi) is 4.94. The summed E-state index contributed by atoms with van der Waals surface area (Å²) in [5.41, 5.74) is 1.91. The van der Waals surface area contributed by atoms with Crippen molar-refractivity contribution in [3.05, 3.63) is 38.2 Å². The van der Waals surface area contributed by atoms with Gasteiger partial charge in [-0.2, -0.15) is 5.10 Å². The second-order valence-electron chi connectivity index (χ2n) is 5.96. The Labute approximate surface area is 144 Å². The molecule has 2 aromatic heterocycles. The van der Waals surface area contributed by atoms with Crippen LogP contribution in [-0.2, 0) is 6.42 Å². The van der Waals surface area contributed by atoms with Gasteiger partial charge in [0.25, 0.3) is 11.5 Å². The van der Waals surface area contributed by atoms with E-state index in [1.807, 2.05) is 5.38 Å². The lowest BCUT2D eigenvalue weighted by molar-refractivity contribution is 0.0951. The van der Waals surface area contributed by atoms with Crippen molar-refractivity contribution in [1.82, 2.24) is 20.5 Å². The molecule has 1 aliphatic heterocycles. The van der Waals surface area contributed by atoms with Gasteiger partial charge in [0.05, 0.1) is 11.4 Å². The molecule has 0 atom stereocenters. The van der Waals surface area contributed by atoms with Crippen LogP contribution in [0.4, 0.5) is 5.13 Å². The van der Waals surface area contributed by atoms with Crippen LogP contribution in [0.25, 0.3) is 0 Å². The predicted octanol–water partition coefficient (Wildman–Crippen LogP) is 1.42. The van der Waals surface area contributed by atoms with Crippen LogP contribution < -0.4 is 15.8 Å². The highest BCUT2D eigenvalue weighted by atomic mass is 32.1. The molecule has 1 fully saturated rings. The number of H-pyrrole nitrogens is 1. The van der Waals surface area contributed by atoms with Crippen LogP contribution in [0, 0.1) is 13.8 Å². The summed E-state index contributed by atoms with van der Waals surface area (Å²) >= 11 is 1.65. The lowest BCUT2D eigenvalue weighted by atomic mass is 10.1. The highest BCUT2D eigenvalue weighted by molar-refractivity contribution is 7.13. The van der Waals surface area contributed by atoms with Gasteiger partial charge in [0.2, 0.25) is 0 Å². The summed E-state index contributed by atoms with van der Waals surface area (Å²) in [5.74, 6) is -0.366. The van der Waals surface area contributed by atoms with Gasteiger partial charge in [0.15, 0.2) is 5.13 Å². The number of aromatic amines is 1. The lowest BCUT2D eigenvalue weighted by Gasteiger charge is -2.12. The highest BCUT2D eigenvalue weighted by Crippen LogP contribution is 2.24. The zero-order chi connectivity index (χ0) is 17.1. The quantitative estimate of drug-likeness (QED) is 0.853. The molecule has 24 heavy (non-hydrogen) atoms. The molecular formula is C16H21N5O2S. The van der Waals surface area contributed by atoms with E-state index in [2.05, 4.69) is 25.4 Å². The molecule has 2 N–H and O–H groups in total. The van der Waals surface area contributed by atoms with E-state index in [1.54, 1.807) is 25.2 Å². The number of hydrogen-bond donors (Lipinski definition) is 2. The van der Waals surface area contributed by atoms with Crippen molar-refractivity contribution in [2.45, 2.75) is 33.1 Å². The Bertz CT molecular complexity index is 792. The molecule has 0 spiro atoms. The van der Waals surface area contributed by atoms with E-state index in [9.17, 15) is 9.59 Å². The number of nitrogens with zero attached hydrogens (tertiary/aromatic N) is 3. The SMILES string of the molecule is Cc1n[nH]c(=O)c(C(=O)NCCc2csc(N3CCCC3)n2)c1C. The van der Waals surface area contributed by atoms with Crippen molar-refractivity contribution in [2.75, 3.05) is 24.5 Å². The molecule has 0 aromatic carbocycles.